The summed E-state index contributed by atoms with van der Waals surface area (Å²) in [6.45, 7) is 4.84. The third-order valence-corrected chi connectivity index (χ3v) is 3.75. The van der Waals surface area contributed by atoms with E-state index < -0.39 is 5.97 Å². The highest BCUT2D eigenvalue weighted by Gasteiger charge is 2.47. The predicted molar refractivity (Wildman–Crippen MR) is 63.4 cm³/mol. The number of amides is 1. The van der Waals surface area contributed by atoms with Gasteiger partial charge in [0.2, 0.25) is 5.91 Å². The zero-order valence-electron chi connectivity index (χ0n) is 10.6. The summed E-state index contributed by atoms with van der Waals surface area (Å²) in [4.78, 5) is 25.1. The third kappa shape index (κ3) is 2.61. The molecule has 0 unspecified atom stereocenters. The van der Waals surface area contributed by atoms with Crippen molar-refractivity contribution in [2.24, 2.45) is 17.8 Å². The molecule has 96 valence electrons. The van der Waals surface area contributed by atoms with Crippen molar-refractivity contribution < 1.29 is 14.7 Å². The lowest BCUT2D eigenvalue weighted by Gasteiger charge is -2.40. The number of piperidine rings is 1. The van der Waals surface area contributed by atoms with Gasteiger partial charge in [-0.15, -0.1) is 0 Å². The van der Waals surface area contributed by atoms with Crippen LogP contribution in [0.1, 0.15) is 39.5 Å². The second kappa shape index (κ2) is 4.67. The normalized spacial score (nSPS) is 29.8. The van der Waals surface area contributed by atoms with E-state index in [1.165, 1.54) is 0 Å². The number of aliphatic carboxylic acids is 1. The molecule has 2 rings (SSSR count). The van der Waals surface area contributed by atoms with E-state index in [0.717, 1.165) is 12.8 Å². The number of rotatable bonds is 4. The Balaban J connectivity index is 2.17. The number of carbonyl (C=O) groups excluding carboxylic acids is 1. The minimum atomic E-state index is -0.733. The maximum absolute atomic E-state index is 12.0. The van der Waals surface area contributed by atoms with Crippen LogP contribution in [0.4, 0.5) is 0 Å². The second-order valence-electron chi connectivity index (χ2n) is 5.75. The largest absolute Gasteiger partial charge is 0.481 e. The minimum Gasteiger partial charge on any atom is -0.481 e. The molecule has 17 heavy (non-hydrogen) atoms. The molecular weight excluding hydrogens is 218 g/mol. The molecule has 4 heteroatoms. The van der Waals surface area contributed by atoms with Gasteiger partial charge in [0.05, 0.1) is 5.92 Å². The lowest BCUT2D eigenvalue weighted by Crippen LogP contribution is -2.53. The molecule has 4 nitrogen and oxygen atoms in total. The summed E-state index contributed by atoms with van der Waals surface area (Å²) in [6, 6.07) is -0.0452. The zero-order chi connectivity index (χ0) is 12.6. The van der Waals surface area contributed by atoms with E-state index in [0.29, 0.717) is 31.2 Å². The van der Waals surface area contributed by atoms with Gasteiger partial charge < -0.3 is 10.0 Å². The Morgan fingerprint density at radius 2 is 2.06 bits per heavy atom. The van der Waals surface area contributed by atoms with E-state index in [4.69, 9.17) is 0 Å². The van der Waals surface area contributed by atoms with E-state index in [-0.39, 0.29) is 17.9 Å². The molecule has 0 bridgehead atoms. The van der Waals surface area contributed by atoms with Crippen molar-refractivity contribution in [1.82, 2.24) is 4.90 Å². The minimum absolute atomic E-state index is 0.0452. The van der Waals surface area contributed by atoms with E-state index in [9.17, 15) is 14.7 Å². The Hall–Kier alpha value is -1.06. The van der Waals surface area contributed by atoms with Gasteiger partial charge in [0, 0.05) is 19.0 Å². The van der Waals surface area contributed by atoms with Crippen molar-refractivity contribution in [3.63, 3.8) is 0 Å². The van der Waals surface area contributed by atoms with Crippen molar-refractivity contribution in [2.75, 3.05) is 6.54 Å². The summed E-state index contributed by atoms with van der Waals surface area (Å²) in [5.74, 6) is -0.109. The number of hydrogen-bond donors (Lipinski definition) is 1. The molecule has 1 aliphatic heterocycles. The molecular formula is C13H21NO3. The topological polar surface area (TPSA) is 57.6 Å². The highest BCUT2D eigenvalue weighted by Crippen LogP contribution is 2.42. The van der Waals surface area contributed by atoms with Crippen molar-refractivity contribution in [3.05, 3.63) is 0 Å². The molecule has 0 aromatic heterocycles. The van der Waals surface area contributed by atoms with Gasteiger partial charge in [0.25, 0.3) is 0 Å². The fourth-order valence-electron chi connectivity index (χ4n) is 2.88. The Kier molecular flexibility index (Phi) is 3.40. The van der Waals surface area contributed by atoms with Crippen molar-refractivity contribution in [1.29, 1.82) is 0 Å². The fraction of sp³-hybridized carbons (Fsp3) is 0.846. The molecule has 0 aromatic carbocycles. The van der Waals surface area contributed by atoms with Gasteiger partial charge in [0.1, 0.15) is 0 Å². The van der Waals surface area contributed by atoms with Gasteiger partial charge in [0.15, 0.2) is 0 Å². The fourth-order valence-corrected chi connectivity index (χ4v) is 2.88. The van der Waals surface area contributed by atoms with Crippen LogP contribution in [-0.4, -0.2) is 34.5 Å². The molecule has 2 atom stereocenters. The summed E-state index contributed by atoms with van der Waals surface area (Å²) >= 11 is 0. The van der Waals surface area contributed by atoms with Crippen LogP contribution in [0.15, 0.2) is 0 Å². The van der Waals surface area contributed by atoms with Crippen molar-refractivity contribution in [2.45, 2.75) is 45.6 Å². The van der Waals surface area contributed by atoms with Gasteiger partial charge in [-0.25, -0.2) is 0 Å². The van der Waals surface area contributed by atoms with Gasteiger partial charge in [-0.1, -0.05) is 13.8 Å². The summed E-state index contributed by atoms with van der Waals surface area (Å²) in [5.41, 5.74) is 0. The van der Waals surface area contributed by atoms with Crippen LogP contribution < -0.4 is 0 Å². The third-order valence-electron chi connectivity index (χ3n) is 3.75. The summed E-state index contributed by atoms with van der Waals surface area (Å²) in [7, 11) is 0. The van der Waals surface area contributed by atoms with E-state index >= 15 is 0 Å². The predicted octanol–water partition coefficient (Wildman–Crippen LogP) is 1.74. The first-order chi connectivity index (χ1) is 8.00. The van der Waals surface area contributed by atoms with Crippen molar-refractivity contribution in [3.8, 4) is 0 Å². The van der Waals surface area contributed by atoms with E-state index in [1.54, 1.807) is 0 Å². The Morgan fingerprint density at radius 3 is 2.53 bits per heavy atom. The lowest BCUT2D eigenvalue weighted by atomic mass is 9.85. The second-order valence-corrected chi connectivity index (χ2v) is 5.75. The lowest BCUT2D eigenvalue weighted by molar-refractivity contribution is -0.153. The van der Waals surface area contributed by atoms with Gasteiger partial charge in [-0.3, -0.25) is 9.59 Å². The monoisotopic (exact) mass is 239 g/mol. The molecule has 0 radical (unpaired) electrons. The van der Waals surface area contributed by atoms with Crippen LogP contribution in [0.25, 0.3) is 0 Å². The molecule has 0 aromatic rings. The number of carbonyl (C=O) groups is 2. The number of likely N-dealkylation sites (tertiary alicyclic amines) is 1. The van der Waals surface area contributed by atoms with E-state index in [2.05, 4.69) is 13.8 Å². The number of nitrogens with zero attached hydrogens (tertiary/aromatic N) is 1. The average Bonchev–Trinajstić information content (AvgIpc) is 3.03. The maximum atomic E-state index is 12.0. The molecule has 1 N–H and O–H groups in total. The molecule has 0 spiro atoms. The SMILES string of the molecule is CC(C)CN1C(=O)CC[C@H](C(=O)O)[C@H]1C1CC1. The Labute approximate surface area is 102 Å². The highest BCUT2D eigenvalue weighted by atomic mass is 16.4. The highest BCUT2D eigenvalue weighted by molar-refractivity contribution is 5.81. The van der Waals surface area contributed by atoms with Crippen LogP contribution in [0.2, 0.25) is 0 Å². The zero-order valence-corrected chi connectivity index (χ0v) is 10.6. The maximum Gasteiger partial charge on any atom is 0.308 e. The summed E-state index contributed by atoms with van der Waals surface area (Å²) in [6.07, 6.45) is 3.07. The Bertz CT molecular complexity index is 323. The van der Waals surface area contributed by atoms with E-state index in [1.807, 2.05) is 4.90 Å². The molecule has 2 aliphatic rings. The first-order valence-electron chi connectivity index (χ1n) is 6.53. The summed E-state index contributed by atoms with van der Waals surface area (Å²) < 4.78 is 0. The van der Waals surface area contributed by atoms with Gasteiger partial charge in [-0.2, -0.15) is 0 Å². The first kappa shape index (κ1) is 12.4. The van der Waals surface area contributed by atoms with Crippen molar-refractivity contribution >= 4 is 11.9 Å². The number of carboxylic acids is 1. The molecule has 1 saturated heterocycles. The first-order valence-corrected chi connectivity index (χ1v) is 6.53. The molecule has 2 fully saturated rings. The van der Waals surface area contributed by atoms with Crippen LogP contribution in [0, 0.1) is 17.8 Å². The molecule has 1 amide bonds. The van der Waals surface area contributed by atoms with Crippen LogP contribution in [0.5, 0.6) is 0 Å². The standard InChI is InChI=1S/C13H21NO3/c1-8(2)7-14-11(15)6-5-10(13(16)17)12(14)9-3-4-9/h8-10,12H,3-7H2,1-2H3,(H,16,17)/t10-,12+/m0/s1. The average molecular weight is 239 g/mol. The summed E-state index contributed by atoms with van der Waals surface area (Å²) in [5, 5.41) is 9.29. The van der Waals surface area contributed by atoms with Crippen LogP contribution in [-0.2, 0) is 9.59 Å². The smallest absolute Gasteiger partial charge is 0.308 e. The quantitative estimate of drug-likeness (QED) is 0.813. The van der Waals surface area contributed by atoms with Gasteiger partial charge >= 0.3 is 5.97 Å². The number of hydrogen-bond acceptors (Lipinski definition) is 2. The molecule has 1 aliphatic carbocycles. The van der Waals surface area contributed by atoms with Crippen LogP contribution in [0.3, 0.4) is 0 Å². The molecule has 1 heterocycles. The Morgan fingerprint density at radius 1 is 1.41 bits per heavy atom. The number of carboxylic acid groups (broad SMARTS) is 1. The molecule has 1 saturated carbocycles. The van der Waals surface area contributed by atoms with Gasteiger partial charge in [-0.05, 0) is 31.1 Å². The van der Waals surface area contributed by atoms with Crippen LogP contribution >= 0.6 is 0 Å².